The van der Waals surface area contributed by atoms with Gasteiger partial charge in [0.1, 0.15) is 5.75 Å². The molecule has 0 spiro atoms. The number of rotatable bonds is 6. The van der Waals surface area contributed by atoms with Crippen molar-refractivity contribution in [2.45, 2.75) is 6.42 Å². The minimum atomic E-state index is -3.31. The van der Waals surface area contributed by atoms with Gasteiger partial charge < -0.3 is 9.15 Å². The fourth-order valence-corrected chi connectivity index (χ4v) is 4.07. The summed E-state index contributed by atoms with van der Waals surface area (Å²) in [6.07, 6.45) is 3.02. The number of ketones is 1. The number of ether oxygens (including phenoxy) is 1. The van der Waals surface area contributed by atoms with Crippen molar-refractivity contribution in [2.24, 2.45) is 0 Å². The second-order valence-electron chi connectivity index (χ2n) is 6.41. The summed E-state index contributed by atoms with van der Waals surface area (Å²) in [6.45, 7) is 0.281. The van der Waals surface area contributed by atoms with Crippen LogP contribution in [-0.2, 0) is 16.4 Å². The van der Waals surface area contributed by atoms with Crippen LogP contribution in [0.4, 0.5) is 5.69 Å². The Morgan fingerprint density at radius 3 is 2.68 bits per heavy atom. The summed E-state index contributed by atoms with van der Waals surface area (Å²) in [4.78, 5) is 12.5. The molecule has 2 heterocycles. The molecule has 9 heteroatoms. The van der Waals surface area contributed by atoms with Crippen molar-refractivity contribution in [3.8, 4) is 17.2 Å². The van der Waals surface area contributed by atoms with Gasteiger partial charge >= 0.3 is 0 Å². The van der Waals surface area contributed by atoms with E-state index >= 15 is 0 Å². The van der Waals surface area contributed by atoms with Crippen LogP contribution in [0, 0.1) is 0 Å². The van der Waals surface area contributed by atoms with Gasteiger partial charge in [-0.1, -0.05) is 0 Å². The number of anilines is 1. The van der Waals surface area contributed by atoms with Crippen LogP contribution in [0.3, 0.4) is 0 Å². The third-order valence-corrected chi connectivity index (χ3v) is 5.67. The largest absolute Gasteiger partial charge is 0.485 e. The lowest BCUT2D eigenvalue weighted by atomic mass is 10.1. The van der Waals surface area contributed by atoms with E-state index in [0.717, 1.165) is 11.1 Å². The van der Waals surface area contributed by atoms with E-state index < -0.39 is 10.0 Å². The van der Waals surface area contributed by atoms with E-state index in [9.17, 15) is 13.2 Å². The zero-order chi connectivity index (χ0) is 19.7. The third-order valence-electron chi connectivity index (χ3n) is 4.49. The molecule has 0 fully saturated rings. The second-order valence-corrected chi connectivity index (χ2v) is 8.32. The Morgan fingerprint density at radius 1 is 1.21 bits per heavy atom. The first-order chi connectivity index (χ1) is 13.4. The highest BCUT2D eigenvalue weighted by molar-refractivity contribution is 7.92. The van der Waals surface area contributed by atoms with Crippen LogP contribution in [-0.4, -0.2) is 43.8 Å². The average molecular weight is 399 g/mol. The third kappa shape index (κ3) is 3.61. The first kappa shape index (κ1) is 18.2. The van der Waals surface area contributed by atoms with Gasteiger partial charge in [0.2, 0.25) is 22.3 Å². The van der Waals surface area contributed by atoms with Crippen molar-refractivity contribution in [2.75, 3.05) is 23.7 Å². The van der Waals surface area contributed by atoms with E-state index in [1.165, 1.54) is 17.0 Å². The molecule has 4 rings (SSSR count). The number of Topliss-reactive ketones (excluding diaryl/α,β-unsaturated/α-hetero) is 1. The number of fused-ring (bicyclic) bond motifs is 1. The first-order valence-electron chi connectivity index (χ1n) is 8.55. The monoisotopic (exact) mass is 399 g/mol. The molecular formula is C19H17N3O5S. The summed E-state index contributed by atoms with van der Waals surface area (Å²) in [7, 11) is -3.31. The lowest BCUT2D eigenvalue weighted by Gasteiger charge is -2.16. The predicted molar refractivity (Wildman–Crippen MR) is 102 cm³/mol. The summed E-state index contributed by atoms with van der Waals surface area (Å²) < 4.78 is 35.6. The molecular weight excluding hydrogens is 382 g/mol. The summed E-state index contributed by atoms with van der Waals surface area (Å²) in [5.41, 5.74) is 2.73. The molecule has 0 bridgehead atoms. The van der Waals surface area contributed by atoms with Crippen molar-refractivity contribution < 1.29 is 22.4 Å². The quantitative estimate of drug-likeness (QED) is 0.586. The summed E-state index contributed by atoms with van der Waals surface area (Å²) in [5, 5.41) is 7.45. The average Bonchev–Trinajstić information content (AvgIpc) is 3.35. The van der Waals surface area contributed by atoms with Gasteiger partial charge in [0.15, 0.2) is 12.4 Å². The Labute approximate surface area is 161 Å². The van der Waals surface area contributed by atoms with Gasteiger partial charge in [-0.3, -0.25) is 9.10 Å². The number of aromatic nitrogens is 2. The van der Waals surface area contributed by atoms with Gasteiger partial charge in [-0.15, -0.1) is 10.2 Å². The molecule has 8 nitrogen and oxygen atoms in total. The lowest BCUT2D eigenvalue weighted by molar-refractivity contribution is 0.0921. The molecule has 0 saturated heterocycles. The van der Waals surface area contributed by atoms with Crippen LogP contribution in [0.5, 0.6) is 5.75 Å². The number of sulfonamides is 1. The molecule has 2 aromatic carbocycles. The highest BCUT2D eigenvalue weighted by Crippen LogP contribution is 2.31. The second kappa shape index (κ2) is 7.08. The molecule has 0 saturated carbocycles. The standard InChI is InChI=1S/C19H17N3O5S/c1-28(24,25)22-9-8-14-10-15(4-7-17(14)22)18(23)11-26-16-5-2-13(3-6-16)19-21-20-12-27-19/h2-7,10,12H,8-9,11H2,1H3. The highest BCUT2D eigenvalue weighted by atomic mass is 32.2. The number of benzene rings is 2. The topological polar surface area (TPSA) is 103 Å². The van der Waals surface area contributed by atoms with Crippen molar-refractivity contribution in [1.82, 2.24) is 10.2 Å². The number of carbonyl (C=O) groups excluding carboxylic acids is 1. The Balaban J connectivity index is 1.42. The molecule has 144 valence electrons. The molecule has 1 aromatic heterocycles. The Bertz CT molecular complexity index is 1110. The van der Waals surface area contributed by atoms with Gasteiger partial charge in [0.05, 0.1) is 11.9 Å². The maximum absolute atomic E-state index is 12.5. The fraction of sp³-hybridized carbons (Fsp3) is 0.211. The van der Waals surface area contributed by atoms with Crippen LogP contribution < -0.4 is 9.04 Å². The molecule has 0 atom stereocenters. The van der Waals surface area contributed by atoms with Crippen LogP contribution in [0.1, 0.15) is 15.9 Å². The molecule has 3 aromatic rings. The fourth-order valence-electron chi connectivity index (χ4n) is 3.11. The predicted octanol–water partition coefficient (Wildman–Crippen LogP) is 2.32. The summed E-state index contributed by atoms with van der Waals surface area (Å²) >= 11 is 0. The maximum Gasteiger partial charge on any atom is 0.247 e. The van der Waals surface area contributed by atoms with Crippen LogP contribution in [0.25, 0.3) is 11.5 Å². The first-order valence-corrected chi connectivity index (χ1v) is 10.4. The minimum Gasteiger partial charge on any atom is -0.485 e. The molecule has 28 heavy (non-hydrogen) atoms. The smallest absolute Gasteiger partial charge is 0.247 e. The highest BCUT2D eigenvalue weighted by Gasteiger charge is 2.26. The number of carbonyl (C=O) groups is 1. The van der Waals surface area contributed by atoms with Gasteiger partial charge in [-0.05, 0) is 54.4 Å². The normalized spacial score (nSPS) is 13.4. The molecule has 0 amide bonds. The number of hydrogen-bond donors (Lipinski definition) is 0. The maximum atomic E-state index is 12.5. The number of nitrogens with zero attached hydrogens (tertiary/aromatic N) is 3. The van der Waals surface area contributed by atoms with Crippen molar-refractivity contribution in [3.05, 3.63) is 60.0 Å². The van der Waals surface area contributed by atoms with E-state index in [0.29, 0.717) is 35.9 Å². The van der Waals surface area contributed by atoms with E-state index in [1.54, 1.807) is 42.5 Å². The molecule has 0 aliphatic carbocycles. The van der Waals surface area contributed by atoms with E-state index in [2.05, 4.69) is 10.2 Å². The molecule has 0 unspecified atom stereocenters. The SMILES string of the molecule is CS(=O)(=O)N1CCc2cc(C(=O)COc3ccc(-c4nnco4)cc3)ccc21. The molecule has 1 aliphatic rings. The summed E-state index contributed by atoms with van der Waals surface area (Å²) in [6, 6.07) is 12.0. The minimum absolute atomic E-state index is 0.117. The van der Waals surface area contributed by atoms with Gasteiger partial charge in [0.25, 0.3) is 0 Å². The lowest BCUT2D eigenvalue weighted by Crippen LogP contribution is -2.27. The Kier molecular flexibility index (Phi) is 4.60. The molecule has 0 radical (unpaired) electrons. The summed E-state index contributed by atoms with van der Waals surface area (Å²) in [5.74, 6) is 0.770. The van der Waals surface area contributed by atoms with Crippen molar-refractivity contribution >= 4 is 21.5 Å². The van der Waals surface area contributed by atoms with Crippen LogP contribution >= 0.6 is 0 Å². The molecule has 0 N–H and O–H groups in total. The van der Waals surface area contributed by atoms with Gasteiger partial charge in [0, 0.05) is 17.7 Å². The Morgan fingerprint density at radius 2 is 2.00 bits per heavy atom. The van der Waals surface area contributed by atoms with E-state index in [1.807, 2.05) is 0 Å². The zero-order valence-corrected chi connectivity index (χ0v) is 15.8. The van der Waals surface area contributed by atoms with Crippen molar-refractivity contribution in [1.29, 1.82) is 0 Å². The zero-order valence-electron chi connectivity index (χ0n) is 15.0. The van der Waals surface area contributed by atoms with Gasteiger partial charge in [-0.2, -0.15) is 0 Å². The number of hydrogen-bond acceptors (Lipinski definition) is 7. The van der Waals surface area contributed by atoms with Gasteiger partial charge in [-0.25, -0.2) is 8.42 Å². The Hall–Kier alpha value is -3.20. The van der Waals surface area contributed by atoms with Crippen LogP contribution in [0.15, 0.2) is 53.3 Å². The van der Waals surface area contributed by atoms with E-state index in [4.69, 9.17) is 9.15 Å². The van der Waals surface area contributed by atoms with E-state index in [-0.39, 0.29) is 12.4 Å². The van der Waals surface area contributed by atoms with Crippen molar-refractivity contribution in [3.63, 3.8) is 0 Å². The molecule has 1 aliphatic heterocycles. The van der Waals surface area contributed by atoms with Crippen LogP contribution in [0.2, 0.25) is 0 Å².